The smallest absolute Gasteiger partial charge is 0.226 e. The number of hydrogen-bond acceptors (Lipinski definition) is 5. The van der Waals surface area contributed by atoms with E-state index in [4.69, 9.17) is 9.26 Å². The number of nitrogens with one attached hydrogen (secondary N) is 1. The molecule has 3 aromatic rings. The molecule has 1 amide bonds. The Morgan fingerprint density at radius 1 is 1.18 bits per heavy atom. The number of halogens is 1. The number of hydrogen-bond donors (Lipinski definition) is 1. The van der Waals surface area contributed by atoms with E-state index in [1.165, 1.54) is 0 Å². The van der Waals surface area contributed by atoms with Gasteiger partial charge in [-0.1, -0.05) is 21.1 Å². The highest BCUT2D eigenvalue weighted by molar-refractivity contribution is 9.10. The summed E-state index contributed by atoms with van der Waals surface area (Å²) in [5.41, 5.74) is 3.78. The van der Waals surface area contributed by atoms with Crippen molar-refractivity contribution in [2.45, 2.75) is 33.1 Å². The number of carbonyl (C=O) groups excluding carboxylic acids is 1. The molecule has 0 bridgehead atoms. The van der Waals surface area contributed by atoms with E-state index in [-0.39, 0.29) is 5.91 Å². The van der Waals surface area contributed by atoms with Crippen LogP contribution in [-0.2, 0) is 11.2 Å². The Balaban J connectivity index is 1.52. The minimum absolute atomic E-state index is 0.0246. The molecule has 3 rings (SSSR count). The molecule has 0 spiro atoms. The molecule has 0 aliphatic carbocycles. The fourth-order valence-electron chi connectivity index (χ4n) is 2.92. The van der Waals surface area contributed by atoms with Crippen molar-refractivity contribution in [2.75, 3.05) is 12.4 Å². The Hall–Kier alpha value is -2.67. The lowest BCUT2D eigenvalue weighted by atomic mass is 10.1. The Morgan fingerprint density at radius 3 is 2.50 bits per heavy atom. The van der Waals surface area contributed by atoms with Crippen LogP contribution in [0.25, 0.3) is 11.4 Å². The number of ether oxygens (including phenoxy) is 1. The average Bonchev–Trinajstić information content (AvgIpc) is 3.13. The first-order valence-electron chi connectivity index (χ1n) is 9.00. The molecule has 0 unspecified atom stereocenters. The van der Waals surface area contributed by atoms with Gasteiger partial charge in [0.15, 0.2) is 0 Å². The summed E-state index contributed by atoms with van der Waals surface area (Å²) in [6, 6.07) is 11.4. The maximum Gasteiger partial charge on any atom is 0.226 e. The molecule has 2 aromatic carbocycles. The predicted molar refractivity (Wildman–Crippen MR) is 111 cm³/mol. The van der Waals surface area contributed by atoms with Gasteiger partial charge in [-0.15, -0.1) is 0 Å². The topological polar surface area (TPSA) is 77.2 Å². The molecule has 0 aliphatic heterocycles. The first kappa shape index (κ1) is 20.1. The van der Waals surface area contributed by atoms with Crippen LogP contribution < -0.4 is 10.1 Å². The van der Waals surface area contributed by atoms with Gasteiger partial charge in [-0.3, -0.25) is 4.79 Å². The van der Waals surface area contributed by atoms with Crippen molar-refractivity contribution in [2.24, 2.45) is 0 Å². The van der Waals surface area contributed by atoms with Crippen LogP contribution in [0.5, 0.6) is 5.75 Å². The van der Waals surface area contributed by atoms with E-state index in [9.17, 15) is 4.79 Å². The third-order valence-electron chi connectivity index (χ3n) is 4.37. The van der Waals surface area contributed by atoms with Gasteiger partial charge in [-0.25, -0.2) is 0 Å². The normalized spacial score (nSPS) is 10.7. The second-order valence-corrected chi connectivity index (χ2v) is 7.47. The van der Waals surface area contributed by atoms with Crippen molar-refractivity contribution in [1.82, 2.24) is 10.1 Å². The van der Waals surface area contributed by atoms with Crippen LogP contribution in [0.3, 0.4) is 0 Å². The van der Waals surface area contributed by atoms with Crippen LogP contribution in [0.1, 0.15) is 29.9 Å². The van der Waals surface area contributed by atoms with Gasteiger partial charge in [0.1, 0.15) is 5.75 Å². The van der Waals surface area contributed by atoms with Gasteiger partial charge >= 0.3 is 0 Å². The van der Waals surface area contributed by atoms with E-state index in [1.807, 2.05) is 50.2 Å². The van der Waals surface area contributed by atoms with Crippen molar-refractivity contribution < 1.29 is 14.1 Å². The van der Waals surface area contributed by atoms with E-state index in [0.717, 1.165) is 32.6 Å². The fraction of sp³-hybridized carbons (Fsp3) is 0.286. The van der Waals surface area contributed by atoms with Gasteiger partial charge in [0.25, 0.3) is 0 Å². The second kappa shape index (κ2) is 9.01. The molecule has 146 valence electrons. The number of methoxy groups -OCH3 is 1. The molecule has 1 heterocycles. The molecule has 0 radical (unpaired) electrons. The van der Waals surface area contributed by atoms with E-state index < -0.39 is 0 Å². The first-order valence-corrected chi connectivity index (χ1v) is 9.79. The van der Waals surface area contributed by atoms with Gasteiger partial charge in [0, 0.05) is 28.6 Å². The number of nitrogens with zero attached hydrogens (tertiary/aromatic N) is 2. The summed E-state index contributed by atoms with van der Waals surface area (Å²) < 4.78 is 11.4. The summed E-state index contributed by atoms with van der Waals surface area (Å²) in [4.78, 5) is 16.7. The molecular formula is C21H22BrN3O3. The van der Waals surface area contributed by atoms with Crippen LogP contribution in [0.15, 0.2) is 45.4 Å². The standard InChI is InChI=1S/C21H22BrN3O3/c1-13-11-16(22)12-14(2)20(13)23-18(26)5-4-6-19-24-21(25-28-19)15-7-9-17(27-3)10-8-15/h7-12H,4-6H2,1-3H3,(H,23,26). The predicted octanol–water partition coefficient (Wildman–Crippen LogP) is 5.09. The monoisotopic (exact) mass is 443 g/mol. The summed E-state index contributed by atoms with van der Waals surface area (Å²) in [6.07, 6.45) is 1.56. The van der Waals surface area contributed by atoms with E-state index in [1.54, 1.807) is 7.11 Å². The Morgan fingerprint density at radius 2 is 1.86 bits per heavy atom. The summed E-state index contributed by atoms with van der Waals surface area (Å²) in [5, 5.41) is 7.00. The van der Waals surface area contributed by atoms with Crippen molar-refractivity contribution in [3.05, 3.63) is 57.9 Å². The minimum Gasteiger partial charge on any atom is -0.497 e. The van der Waals surface area contributed by atoms with E-state index in [0.29, 0.717) is 31.0 Å². The van der Waals surface area contributed by atoms with Crippen LogP contribution >= 0.6 is 15.9 Å². The van der Waals surface area contributed by atoms with Gasteiger partial charge in [0.05, 0.1) is 7.11 Å². The molecule has 1 N–H and O–H groups in total. The summed E-state index contributed by atoms with van der Waals surface area (Å²) in [6.45, 7) is 3.96. The number of rotatable bonds is 7. The SMILES string of the molecule is COc1ccc(-c2noc(CCCC(=O)Nc3c(C)cc(Br)cc3C)n2)cc1. The van der Waals surface area contributed by atoms with Crippen molar-refractivity contribution in [1.29, 1.82) is 0 Å². The molecule has 28 heavy (non-hydrogen) atoms. The zero-order valence-electron chi connectivity index (χ0n) is 16.1. The van der Waals surface area contributed by atoms with Crippen molar-refractivity contribution >= 4 is 27.5 Å². The lowest BCUT2D eigenvalue weighted by Gasteiger charge is -2.12. The second-order valence-electron chi connectivity index (χ2n) is 6.56. The van der Waals surface area contributed by atoms with Crippen LogP contribution in [0.2, 0.25) is 0 Å². The molecule has 7 heteroatoms. The van der Waals surface area contributed by atoms with Gasteiger partial charge in [0.2, 0.25) is 17.6 Å². The molecule has 0 fully saturated rings. The third-order valence-corrected chi connectivity index (χ3v) is 4.83. The maximum absolute atomic E-state index is 12.3. The molecule has 0 aliphatic rings. The number of aryl methyl sites for hydroxylation is 3. The van der Waals surface area contributed by atoms with Crippen LogP contribution in [0.4, 0.5) is 5.69 Å². The third kappa shape index (κ3) is 4.98. The summed E-state index contributed by atoms with van der Waals surface area (Å²) >= 11 is 3.46. The summed E-state index contributed by atoms with van der Waals surface area (Å²) in [5.74, 6) is 1.80. The molecular weight excluding hydrogens is 422 g/mol. The van der Waals surface area contributed by atoms with Crippen LogP contribution in [-0.4, -0.2) is 23.2 Å². The number of amides is 1. The zero-order valence-corrected chi connectivity index (χ0v) is 17.7. The highest BCUT2D eigenvalue weighted by Gasteiger charge is 2.11. The summed E-state index contributed by atoms with van der Waals surface area (Å²) in [7, 11) is 1.62. The number of aromatic nitrogens is 2. The largest absolute Gasteiger partial charge is 0.497 e. The highest BCUT2D eigenvalue weighted by atomic mass is 79.9. The fourth-order valence-corrected chi connectivity index (χ4v) is 3.61. The highest BCUT2D eigenvalue weighted by Crippen LogP contribution is 2.25. The molecule has 0 saturated heterocycles. The minimum atomic E-state index is -0.0246. The first-order chi connectivity index (χ1) is 13.5. The Kier molecular flexibility index (Phi) is 6.46. The van der Waals surface area contributed by atoms with Gasteiger partial charge in [-0.05, 0) is 67.8 Å². The van der Waals surface area contributed by atoms with E-state index in [2.05, 4.69) is 31.4 Å². The molecule has 6 nitrogen and oxygen atoms in total. The Bertz CT molecular complexity index is 944. The van der Waals surface area contributed by atoms with E-state index >= 15 is 0 Å². The Labute approximate surface area is 172 Å². The number of carbonyl (C=O) groups is 1. The zero-order chi connectivity index (χ0) is 20.1. The maximum atomic E-state index is 12.3. The quantitative estimate of drug-likeness (QED) is 0.550. The molecule has 0 saturated carbocycles. The van der Waals surface area contributed by atoms with Crippen molar-refractivity contribution in [3.63, 3.8) is 0 Å². The molecule has 0 atom stereocenters. The lowest BCUT2D eigenvalue weighted by Crippen LogP contribution is -2.13. The average molecular weight is 444 g/mol. The van der Waals surface area contributed by atoms with Gasteiger partial charge < -0.3 is 14.6 Å². The lowest BCUT2D eigenvalue weighted by molar-refractivity contribution is -0.116. The molecule has 1 aromatic heterocycles. The number of benzene rings is 2. The number of anilines is 1. The van der Waals surface area contributed by atoms with Gasteiger partial charge in [-0.2, -0.15) is 4.98 Å². The van der Waals surface area contributed by atoms with Crippen molar-refractivity contribution in [3.8, 4) is 17.1 Å². The van der Waals surface area contributed by atoms with Crippen LogP contribution in [0, 0.1) is 13.8 Å².